The summed E-state index contributed by atoms with van der Waals surface area (Å²) in [6.45, 7) is 0.491. The molecule has 10 nitrogen and oxygen atoms in total. The van der Waals surface area contributed by atoms with E-state index < -0.39 is 40.2 Å². The molecule has 1 aliphatic carbocycles. The third kappa shape index (κ3) is 4.17. The van der Waals surface area contributed by atoms with Crippen molar-refractivity contribution in [1.29, 1.82) is 0 Å². The fourth-order valence-electron chi connectivity index (χ4n) is 4.26. The number of nitrogens with zero attached hydrogens (tertiary/aromatic N) is 2. The van der Waals surface area contributed by atoms with Crippen molar-refractivity contribution in [3.8, 4) is 0 Å². The van der Waals surface area contributed by atoms with E-state index in [1.165, 1.54) is 28.6 Å². The third-order valence-corrected chi connectivity index (χ3v) is 7.95. The highest BCUT2D eigenvalue weighted by atomic mass is 32.2. The average Bonchev–Trinajstić information content (AvgIpc) is 3.43. The van der Waals surface area contributed by atoms with Crippen molar-refractivity contribution in [1.82, 2.24) is 20.1 Å². The fourth-order valence-corrected chi connectivity index (χ4v) is 5.78. The number of fused-ring (bicyclic) bond motifs is 1. The molecule has 2 heterocycles. The van der Waals surface area contributed by atoms with E-state index in [2.05, 4.69) is 10.9 Å². The van der Waals surface area contributed by atoms with Gasteiger partial charge in [-0.1, -0.05) is 12.2 Å². The number of carbonyl (C=O) groups excluding carboxylic acids is 4. The lowest BCUT2D eigenvalue weighted by Gasteiger charge is -2.16. The van der Waals surface area contributed by atoms with E-state index in [0.717, 1.165) is 17.7 Å². The number of carbonyl (C=O) groups is 4. The smallest absolute Gasteiger partial charge is 0.269 e. The van der Waals surface area contributed by atoms with Crippen LogP contribution in [-0.4, -0.2) is 60.9 Å². The Hall–Kier alpha value is -3.05. The molecule has 2 atom stereocenters. The second kappa shape index (κ2) is 8.83. The highest BCUT2D eigenvalue weighted by molar-refractivity contribution is 7.89. The lowest BCUT2D eigenvalue weighted by molar-refractivity contribution is -0.143. The molecule has 32 heavy (non-hydrogen) atoms. The minimum absolute atomic E-state index is 0.0991. The van der Waals surface area contributed by atoms with Gasteiger partial charge in [0.25, 0.3) is 11.8 Å². The van der Waals surface area contributed by atoms with Gasteiger partial charge in [0.2, 0.25) is 21.8 Å². The van der Waals surface area contributed by atoms with E-state index in [1.807, 2.05) is 12.2 Å². The van der Waals surface area contributed by atoms with Crippen LogP contribution in [0.4, 0.5) is 0 Å². The molecule has 2 aliphatic heterocycles. The van der Waals surface area contributed by atoms with Gasteiger partial charge in [0, 0.05) is 18.7 Å². The van der Waals surface area contributed by atoms with E-state index >= 15 is 0 Å². The summed E-state index contributed by atoms with van der Waals surface area (Å²) in [4.78, 5) is 50.3. The van der Waals surface area contributed by atoms with E-state index in [1.54, 1.807) is 0 Å². The van der Waals surface area contributed by atoms with Gasteiger partial charge in [0.05, 0.1) is 16.7 Å². The largest absolute Gasteiger partial charge is 0.274 e. The zero-order chi connectivity index (χ0) is 22.9. The van der Waals surface area contributed by atoms with Gasteiger partial charge >= 0.3 is 0 Å². The Morgan fingerprint density at radius 3 is 2.03 bits per heavy atom. The molecular formula is C21H24N4O6S. The zero-order valence-electron chi connectivity index (χ0n) is 17.3. The quantitative estimate of drug-likeness (QED) is 0.366. The predicted octanol–water partition coefficient (Wildman–Crippen LogP) is 0.183. The summed E-state index contributed by atoms with van der Waals surface area (Å²) in [7, 11) is -3.58. The van der Waals surface area contributed by atoms with Crippen LogP contribution in [0.1, 0.15) is 36.0 Å². The third-order valence-electron chi connectivity index (χ3n) is 6.04. The van der Waals surface area contributed by atoms with Gasteiger partial charge in [-0.25, -0.2) is 8.42 Å². The molecule has 0 radical (unpaired) electrons. The summed E-state index contributed by atoms with van der Waals surface area (Å²) in [6, 6.07) is 5.41. The van der Waals surface area contributed by atoms with Crippen LogP contribution in [0, 0.1) is 11.8 Å². The highest BCUT2D eigenvalue weighted by Crippen LogP contribution is 2.34. The number of likely N-dealkylation sites (tertiary alicyclic amines) is 1. The molecule has 4 amide bonds. The van der Waals surface area contributed by atoms with Crippen LogP contribution in [0.5, 0.6) is 0 Å². The predicted molar refractivity (Wildman–Crippen MR) is 112 cm³/mol. The van der Waals surface area contributed by atoms with Crippen molar-refractivity contribution in [3.05, 3.63) is 42.0 Å². The number of hydrogen-bond acceptors (Lipinski definition) is 6. The molecule has 170 valence electrons. The maximum atomic E-state index is 12.5. The number of rotatable bonds is 5. The monoisotopic (exact) mass is 460 g/mol. The Labute approximate surface area is 185 Å². The number of hydrogen-bond donors (Lipinski definition) is 2. The van der Waals surface area contributed by atoms with Gasteiger partial charge in [0.15, 0.2) is 0 Å². The Morgan fingerprint density at radius 2 is 1.47 bits per heavy atom. The standard InChI is InChI=1S/C21H24N4O6S/c26-18(13-25-20(28)16-5-1-2-6-17(16)21(25)29)22-23-19(27)14-7-9-15(10-8-14)32(30,31)24-11-3-4-12-24/h1-2,7-10,16-17H,3-6,11-13H2,(H,22,26)(H,23,27). The van der Waals surface area contributed by atoms with E-state index in [0.29, 0.717) is 25.9 Å². The summed E-state index contributed by atoms with van der Waals surface area (Å²) < 4.78 is 26.5. The van der Waals surface area contributed by atoms with E-state index in [4.69, 9.17) is 0 Å². The van der Waals surface area contributed by atoms with Gasteiger partial charge in [0.1, 0.15) is 6.54 Å². The first-order valence-electron chi connectivity index (χ1n) is 10.5. The van der Waals surface area contributed by atoms with Crippen LogP contribution < -0.4 is 10.9 Å². The van der Waals surface area contributed by atoms with Crippen molar-refractivity contribution >= 4 is 33.7 Å². The Bertz CT molecular complexity index is 1050. The van der Waals surface area contributed by atoms with Crippen LogP contribution >= 0.6 is 0 Å². The first kappa shape index (κ1) is 22.2. The van der Waals surface area contributed by atoms with Crippen molar-refractivity contribution in [2.75, 3.05) is 19.6 Å². The van der Waals surface area contributed by atoms with Crippen LogP contribution in [0.25, 0.3) is 0 Å². The van der Waals surface area contributed by atoms with Crippen molar-refractivity contribution in [2.45, 2.75) is 30.6 Å². The Morgan fingerprint density at radius 1 is 0.906 bits per heavy atom. The number of sulfonamides is 1. The lowest BCUT2D eigenvalue weighted by atomic mass is 9.85. The molecule has 11 heteroatoms. The fraction of sp³-hybridized carbons (Fsp3) is 0.429. The number of amides is 4. The summed E-state index contributed by atoms with van der Waals surface area (Å²) >= 11 is 0. The van der Waals surface area contributed by atoms with Crippen molar-refractivity contribution in [3.63, 3.8) is 0 Å². The molecule has 1 aromatic carbocycles. The molecule has 1 aromatic rings. The van der Waals surface area contributed by atoms with E-state index in [9.17, 15) is 27.6 Å². The summed E-state index contributed by atoms with van der Waals surface area (Å²) in [5.41, 5.74) is 4.56. The molecule has 2 unspecified atom stereocenters. The molecule has 3 aliphatic rings. The number of imide groups is 1. The van der Waals surface area contributed by atoms with Crippen LogP contribution in [0.2, 0.25) is 0 Å². The molecule has 4 rings (SSSR count). The van der Waals surface area contributed by atoms with E-state index in [-0.39, 0.29) is 22.3 Å². The molecule has 2 saturated heterocycles. The summed E-state index contributed by atoms with van der Waals surface area (Å²) in [5, 5.41) is 0. The van der Waals surface area contributed by atoms with Crippen LogP contribution in [-0.2, 0) is 24.4 Å². The SMILES string of the molecule is O=C(CN1C(=O)C2CC=CCC2C1=O)NNC(=O)c1ccc(S(=O)(=O)N2CCCC2)cc1. The molecular weight excluding hydrogens is 436 g/mol. The number of hydrazine groups is 1. The second-order valence-electron chi connectivity index (χ2n) is 8.06. The maximum absolute atomic E-state index is 12.5. The maximum Gasteiger partial charge on any atom is 0.269 e. The van der Waals surface area contributed by atoms with Crippen LogP contribution in [0.15, 0.2) is 41.3 Å². The highest BCUT2D eigenvalue weighted by Gasteiger charge is 2.47. The molecule has 0 spiro atoms. The zero-order valence-corrected chi connectivity index (χ0v) is 18.1. The minimum Gasteiger partial charge on any atom is -0.274 e. The summed E-state index contributed by atoms with van der Waals surface area (Å²) in [6.07, 6.45) is 6.33. The van der Waals surface area contributed by atoms with Crippen molar-refractivity contribution < 1.29 is 27.6 Å². The molecule has 0 aromatic heterocycles. The Kier molecular flexibility index (Phi) is 6.11. The van der Waals surface area contributed by atoms with Crippen LogP contribution in [0.3, 0.4) is 0 Å². The van der Waals surface area contributed by atoms with Gasteiger partial charge in [-0.05, 0) is 49.9 Å². The second-order valence-corrected chi connectivity index (χ2v) is 9.99. The molecule has 0 saturated carbocycles. The summed E-state index contributed by atoms with van der Waals surface area (Å²) in [5.74, 6) is -2.96. The van der Waals surface area contributed by atoms with Gasteiger partial charge < -0.3 is 0 Å². The Balaban J connectivity index is 1.31. The van der Waals surface area contributed by atoms with Gasteiger partial charge in [-0.15, -0.1) is 0 Å². The first-order chi connectivity index (χ1) is 15.3. The molecule has 2 fully saturated rings. The topological polar surface area (TPSA) is 133 Å². The average molecular weight is 461 g/mol. The number of allylic oxidation sites excluding steroid dienone is 2. The minimum atomic E-state index is -3.58. The molecule has 0 bridgehead atoms. The number of nitrogens with one attached hydrogen (secondary N) is 2. The first-order valence-corrected chi connectivity index (χ1v) is 11.9. The van der Waals surface area contributed by atoms with Gasteiger partial charge in [-0.2, -0.15) is 4.31 Å². The molecule has 2 N–H and O–H groups in total. The normalized spacial score (nSPS) is 23.3. The lowest BCUT2D eigenvalue weighted by Crippen LogP contribution is -2.47. The van der Waals surface area contributed by atoms with Crippen molar-refractivity contribution in [2.24, 2.45) is 11.8 Å². The van der Waals surface area contributed by atoms with Gasteiger partial charge in [-0.3, -0.25) is 34.9 Å². The number of benzene rings is 1.